The number of nitrogens with zero attached hydrogens (tertiary/aromatic N) is 2. The zero-order chi connectivity index (χ0) is 15.2. The van der Waals surface area contributed by atoms with Gasteiger partial charge in [-0.25, -0.2) is 4.98 Å². The van der Waals surface area contributed by atoms with Gasteiger partial charge < -0.3 is 15.0 Å². The first-order valence-corrected chi connectivity index (χ1v) is 8.65. The fraction of sp³-hybridized carbons (Fsp3) is 0.688. The average molecular weight is 309 g/mol. The van der Waals surface area contributed by atoms with E-state index in [0.29, 0.717) is 6.04 Å². The molecule has 5 heteroatoms. The predicted octanol–water partition coefficient (Wildman–Crippen LogP) is 3.08. The highest BCUT2D eigenvalue weighted by Gasteiger charge is 2.16. The first kappa shape index (κ1) is 16.5. The molecule has 118 valence electrons. The predicted molar refractivity (Wildman–Crippen MR) is 91.3 cm³/mol. The van der Waals surface area contributed by atoms with Crippen molar-refractivity contribution in [3.63, 3.8) is 0 Å². The SMILES string of the molecule is CCCNC(C)C(C)=Cc1sc(N2CCOCC2)nc1C. The second-order valence-corrected chi connectivity index (χ2v) is 6.62. The minimum Gasteiger partial charge on any atom is -0.378 e. The van der Waals surface area contributed by atoms with E-state index in [2.05, 4.69) is 44.0 Å². The first-order valence-electron chi connectivity index (χ1n) is 7.83. The van der Waals surface area contributed by atoms with E-state index in [0.717, 1.165) is 43.7 Å². The lowest BCUT2D eigenvalue weighted by Gasteiger charge is -2.26. The lowest BCUT2D eigenvalue weighted by molar-refractivity contribution is 0.122. The van der Waals surface area contributed by atoms with Crippen molar-refractivity contribution in [2.24, 2.45) is 0 Å². The molecule has 1 aromatic rings. The molecule has 2 heterocycles. The standard InChI is InChI=1S/C16H27N3OS/c1-5-6-17-13(3)12(2)11-15-14(4)18-16(21-15)19-7-9-20-10-8-19/h11,13,17H,5-10H2,1-4H3. The number of aryl methyl sites for hydroxylation is 1. The number of anilines is 1. The van der Waals surface area contributed by atoms with Gasteiger partial charge in [0, 0.05) is 19.1 Å². The van der Waals surface area contributed by atoms with Gasteiger partial charge in [0.1, 0.15) is 0 Å². The molecule has 1 aliphatic heterocycles. The number of thiazole rings is 1. The van der Waals surface area contributed by atoms with Crippen molar-refractivity contribution in [1.82, 2.24) is 10.3 Å². The summed E-state index contributed by atoms with van der Waals surface area (Å²) in [6, 6.07) is 0.415. The Kier molecular flexibility index (Phi) is 6.21. The summed E-state index contributed by atoms with van der Waals surface area (Å²) in [6.45, 7) is 13.3. The smallest absolute Gasteiger partial charge is 0.186 e. The number of hydrogen-bond donors (Lipinski definition) is 1. The highest BCUT2D eigenvalue weighted by molar-refractivity contribution is 7.16. The molecule has 21 heavy (non-hydrogen) atoms. The number of ether oxygens (including phenoxy) is 1. The van der Waals surface area contributed by atoms with Crippen LogP contribution in [0.1, 0.15) is 37.8 Å². The van der Waals surface area contributed by atoms with Gasteiger partial charge in [0.25, 0.3) is 0 Å². The molecule has 1 saturated heterocycles. The van der Waals surface area contributed by atoms with E-state index in [9.17, 15) is 0 Å². The van der Waals surface area contributed by atoms with Gasteiger partial charge in [-0.3, -0.25) is 0 Å². The second kappa shape index (κ2) is 7.92. The molecular formula is C16H27N3OS. The van der Waals surface area contributed by atoms with Crippen LogP contribution in [0.3, 0.4) is 0 Å². The number of hydrogen-bond acceptors (Lipinski definition) is 5. The molecule has 1 aromatic heterocycles. The van der Waals surface area contributed by atoms with E-state index in [4.69, 9.17) is 9.72 Å². The Morgan fingerprint density at radius 2 is 2.19 bits per heavy atom. The number of aromatic nitrogens is 1. The molecule has 1 aliphatic rings. The Balaban J connectivity index is 2.07. The molecule has 0 aliphatic carbocycles. The van der Waals surface area contributed by atoms with Gasteiger partial charge in [0.05, 0.1) is 23.8 Å². The Labute approximate surface area is 132 Å². The molecular weight excluding hydrogens is 282 g/mol. The Morgan fingerprint density at radius 1 is 1.48 bits per heavy atom. The van der Waals surface area contributed by atoms with Gasteiger partial charge in [0.15, 0.2) is 5.13 Å². The number of morpholine rings is 1. The zero-order valence-electron chi connectivity index (χ0n) is 13.6. The summed E-state index contributed by atoms with van der Waals surface area (Å²) >= 11 is 1.79. The van der Waals surface area contributed by atoms with Crippen molar-refractivity contribution in [2.45, 2.75) is 40.2 Å². The zero-order valence-corrected chi connectivity index (χ0v) is 14.4. The quantitative estimate of drug-likeness (QED) is 0.876. The van der Waals surface area contributed by atoms with Crippen LogP contribution in [0.15, 0.2) is 5.57 Å². The molecule has 1 fully saturated rings. The highest BCUT2D eigenvalue weighted by atomic mass is 32.1. The van der Waals surface area contributed by atoms with Crippen molar-refractivity contribution in [3.8, 4) is 0 Å². The van der Waals surface area contributed by atoms with Crippen molar-refractivity contribution in [3.05, 3.63) is 16.1 Å². The maximum atomic E-state index is 5.41. The van der Waals surface area contributed by atoms with Crippen LogP contribution in [-0.4, -0.2) is 43.9 Å². The van der Waals surface area contributed by atoms with Crippen molar-refractivity contribution >= 4 is 22.5 Å². The fourth-order valence-electron chi connectivity index (χ4n) is 2.27. The Hall–Kier alpha value is -0.910. The third-order valence-corrected chi connectivity index (χ3v) is 5.01. The third-order valence-electron chi connectivity index (χ3n) is 3.85. The largest absolute Gasteiger partial charge is 0.378 e. The van der Waals surface area contributed by atoms with Gasteiger partial charge in [-0.2, -0.15) is 0 Å². The summed E-state index contributed by atoms with van der Waals surface area (Å²) in [5, 5.41) is 4.66. The van der Waals surface area contributed by atoms with E-state index in [1.54, 1.807) is 11.3 Å². The van der Waals surface area contributed by atoms with Gasteiger partial charge >= 0.3 is 0 Å². The summed E-state index contributed by atoms with van der Waals surface area (Å²) in [4.78, 5) is 8.34. The summed E-state index contributed by atoms with van der Waals surface area (Å²) in [6.07, 6.45) is 3.45. The molecule has 1 N–H and O–H groups in total. The number of nitrogens with one attached hydrogen (secondary N) is 1. The van der Waals surface area contributed by atoms with Crippen LogP contribution in [0, 0.1) is 6.92 Å². The van der Waals surface area contributed by atoms with E-state index >= 15 is 0 Å². The molecule has 2 rings (SSSR count). The van der Waals surface area contributed by atoms with E-state index in [1.165, 1.54) is 16.9 Å². The van der Waals surface area contributed by atoms with E-state index < -0.39 is 0 Å². The van der Waals surface area contributed by atoms with E-state index in [-0.39, 0.29) is 0 Å². The second-order valence-electron chi connectivity index (χ2n) is 5.61. The van der Waals surface area contributed by atoms with Crippen LogP contribution >= 0.6 is 11.3 Å². The third kappa shape index (κ3) is 4.53. The summed E-state index contributed by atoms with van der Waals surface area (Å²) in [5.41, 5.74) is 2.49. The lowest BCUT2D eigenvalue weighted by Crippen LogP contribution is -2.36. The number of rotatable bonds is 6. The average Bonchev–Trinajstić information content (AvgIpc) is 2.86. The first-order chi connectivity index (χ1) is 10.1. The minimum atomic E-state index is 0.415. The van der Waals surface area contributed by atoms with Crippen LogP contribution in [0.4, 0.5) is 5.13 Å². The van der Waals surface area contributed by atoms with Gasteiger partial charge in [0.2, 0.25) is 0 Å². The molecule has 1 atom stereocenters. The molecule has 0 radical (unpaired) electrons. The van der Waals surface area contributed by atoms with Crippen LogP contribution in [0.5, 0.6) is 0 Å². The van der Waals surface area contributed by atoms with Crippen LogP contribution in [0.25, 0.3) is 6.08 Å². The normalized spacial score (nSPS) is 18.1. The Morgan fingerprint density at radius 3 is 2.86 bits per heavy atom. The van der Waals surface area contributed by atoms with Gasteiger partial charge in [-0.1, -0.05) is 23.8 Å². The van der Waals surface area contributed by atoms with Crippen LogP contribution < -0.4 is 10.2 Å². The van der Waals surface area contributed by atoms with E-state index in [1.807, 2.05) is 0 Å². The molecule has 4 nitrogen and oxygen atoms in total. The maximum absolute atomic E-state index is 5.41. The molecule has 0 amide bonds. The summed E-state index contributed by atoms with van der Waals surface area (Å²) in [7, 11) is 0. The minimum absolute atomic E-state index is 0.415. The summed E-state index contributed by atoms with van der Waals surface area (Å²) in [5.74, 6) is 0. The van der Waals surface area contributed by atoms with Crippen molar-refractivity contribution in [1.29, 1.82) is 0 Å². The van der Waals surface area contributed by atoms with Gasteiger partial charge in [-0.05, 0) is 39.8 Å². The molecule has 1 unspecified atom stereocenters. The van der Waals surface area contributed by atoms with Gasteiger partial charge in [-0.15, -0.1) is 0 Å². The maximum Gasteiger partial charge on any atom is 0.186 e. The lowest BCUT2D eigenvalue weighted by atomic mass is 10.1. The monoisotopic (exact) mass is 309 g/mol. The van der Waals surface area contributed by atoms with Crippen molar-refractivity contribution < 1.29 is 4.74 Å². The Bertz CT molecular complexity index is 478. The topological polar surface area (TPSA) is 37.4 Å². The van der Waals surface area contributed by atoms with Crippen molar-refractivity contribution in [2.75, 3.05) is 37.7 Å². The molecule has 0 saturated carbocycles. The summed E-state index contributed by atoms with van der Waals surface area (Å²) < 4.78 is 5.41. The fourth-order valence-corrected chi connectivity index (χ4v) is 3.40. The molecule has 0 bridgehead atoms. The molecule has 0 spiro atoms. The van der Waals surface area contributed by atoms with Crippen LogP contribution in [0.2, 0.25) is 0 Å². The van der Waals surface area contributed by atoms with Crippen LogP contribution in [-0.2, 0) is 4.74 Å². The molecule has 0 aromatic carbocycles. The highest BCUT2D eigenvalue weighted by Crippen LogP contribution is 2.28.